The summed E-state index contributed by atoms with van der Waals surface area (Å²) in [5, 5.41) is 0. The molecule has 0 aliphatic carbocycles. The van der Waals surface area contributed by atoms with E-state index in [1.54, 1.807) is 12.1 Å². The lowest BCUT2D eigenvalue weighted by Gasteiger charge is -2.36. The van der Waals surface area contributed by atoms with E-state index in [2.05, 4.69) is 35.4 Å². The second-order valence-corrected chi connectivity index (χ2v) is 11.5. The molecular formula is C27H33N5O4S. The van der Waals surface area contributed by atoms with Gasteiger partial charge in [0.1, 0.15) is 22.3 Å². The minimum absolute atomic E-state index is 0.162. The molecule has 1 fully saturated rings. The molecule has 4 rings (SSSR count). The van der Waals surface area contributed by atoms with Crippen LogP contribution in [0, 0.1) is 12.8 Å². The molecule has 3 aromatic rings. The van der Waals surface area contributed by atoms with Gasteiger partial charge in [-0.05, 0) is 88.1 Å². The topological polar surface area (TPSA) is 128 Å². The summed E-state index contributed by atoms with van der Waals surface area (Å²) in [6.07, 6.45) is 2.30. The van der Waals surface area contributed by atoms with Crippen molar-refractivity contribution in [1.82, 2.24) is 14.7 Å². The zero-order valence-corrected chi connectivity index (χ0v) is 22.6. The summed E-state index contributed by atoms with van der Waals surface area (Å²) in [5.74, 6) is 0.537. The highest BCUT2D eigenvalue weighted by Crippen LogP contribution is 2.39. The van der Waals surface area contributed by atoms with E-state index >= 15 is 0 Å². The van der Waals surface area contributed by atoms with Gasteiger partial charge >= 0.3 is 0 Å². The van der Waals surface area contributed by atoms with Gasteiger partial charge < -0.3 is 15.4 Å². The van der Waals surface area contributed by atoms with Crippen LogP contribution in [0.5, 0.6) is 5.75 Å². The van der Waals surface area contributed by atoms with Crippen LogP contribution in [-0.2, 0) is 10.0 Å². The summed E-state index contributed by atoms with van der Waals surface area (Å²) in [7, 11) is -4.25. The lowest BCUT2D eigenvalue weighted by atomic mass is 9.90. The van der Waals surface area contributed by atoms with Gasteiger partial charge in [0.15, 0.2) is 0 Å². The molecule has 1 aliphatic rings. The highest BCUT2D eigenvalue weighted by atomic mass is 32.2. The maximum Gasteiger partial charge on any atom is 0.268 e. The summed E-state index contributed by atoms with van der Waals surface area (Å²) >= 11 is 0. The van der Waals surface area contributed by atoms with E-state index in [1.807, 2.05) is 32.0 Å². The minimum atomic E-state index is -4.25. The summed E-state index contributed by atoms with van der Waals surface area (Å²) in [6, 6.07) is 12.0. The zero-order valence-electron chi connectivity index (χ0n) is 21.8. The van der Waals surface area contributed by atoms with Gasteiger partial charge in [0.05, 0.1) is 17.9 Å². The Morgan fingerprint density at radius 2 is 2.00 bits per heavy atom. The largest absolute Gasteiger partial charge is 0.494 e. The first-order valence-corrected chi connectivity index (χ1v) is 13.7. The van der Waals surface area contributed by atoms with E-state index < -0.39 is 15.9 Å². The third-order valence-corrected chi connectivity index (χ3v) is 8.42. The van der Waals surface area contributed by atoms with Crippen LogP contribution in [0.15, 0.2) is 53.6 Å². The van der Waals surface area contributed by atoms with Crippen LogP contribution < -0.4 is 20.1 Å². The number of sulfonamides is 1. The molecule has 0 saturated carbocycles. The van der Waals surface area contributed by atoms with Crippen LogP contribution in [0.2, 0.25) is 0 Å². The van der Waals surface area contributed by atoms with Crippen molar-refractivity contribution in [2.45, 2.75) is 51.5 Å². The Morgan fingerprint density at radius 1 is 1.24 bits per heavy atom. The number of ether oxygens (including phenoxy) is 1. The summed E-state index contributed by atoms with van der Waals surface area (Å²) < 4.78 is 33.8. The quantitative estimate of drug-likeness (QED) is 0.472. The Labute approximate surface area is 218 Å². The van der Waals surface area contributed by atoms with Crippen molar-refractivity contribution < 1.29 is 17.9 Å². The van der Waals surface area contributed by atoms with Gasteiger partial charge in [0, 0.05) is 23.8 Å². The van der Waals surface area contributed by atoms with Gasteiger partial charge in [-0.15, -0.1) is 0 Å². The number of amides is 1. The monoisotopic (exact) mass is 523 g/mol. The third-order valence-electron chi connectivity index (χ3n) is 7.04. The average molecular weight is 524 g/mol. The molecule has 3 N–H and O–H groups in total. The number of nitrogens with zero attached hydrogens (tertiary/aromatic N) is 3. The van der Waals surface area contributed by atoms with Crippen molar-refractivity contribution in [3.63, 3.8) is 0 Å². The molecule has 1 aromatic carbocycles. The number of aryl methyl sites for hydroxylation is 1. The predicted molar refractivity (Wildman–Crippen MR) is 144 cm³/mol. The highest BCUT2D eigenvalue weighted by Gasteiger charge is 2.41. The number of hydrogen-bond donors (Lipinski definition) is 2. The molecule has 10 heteroatoms. The van der Waals surface area contributed by atoms with Gasteiger partial charge in [-0.1, -0.05) is 6.92 Å². The van der Waals surface area contributed by atoms with Gasteiger partial charge in [-0.3, -0.25) is 4.79 Å². The maximum absolute atomic E-state index is 13.4. The lowest BCUT2D eigenvalue weighted by Crippen LogP contribution is -2.43. The summed E-state index contributed by atoms with van der Waals surface area (Å²) in [5.41, 5.74) is 8.14. The number of hydrogen-bond acceptors (Lipinski definition) is 8. The zero-order chi connectivity index (χ0) is 27.0. The van der Waals surface area contributed by atoms with Crippen molar-refractivity contribution in [2.75, 3.05) is 23.8 Å². The fraction of sp³-hybridized carbons (Fsp3) is 0.370. The predicted octanol–water partition coefficient (Wildman–Crippen LogP) is 4.18. The number of aromatic nitrogens is 2. The van der Waals surface area contributed by atoms with Crippen LogP contribution in [-0.4, -0.2) is 43.0 Å². The summed E-state index contributed by atoms with van der Waals surface area (Å²) in [6.45, 7) is 11.5. The van der Waals surface area contributed by atoms with Crippen molar-refractivity contribution >= 4 is 27.6 Å². The molecule has 1 unspecified atom stereocenters. The molecule has 0 spiro atoms. The number of nitrogens with two attached hydrogens (primary N) is 1. The molecule has 9 nitrogen and oxygen atoms in total. The van der Waals surface area contributed by atoms with E-state index in [-0.39, 0.29) is 21.8 Å². The third kappa shape index (κ3) is 5.24. The number of carbonyl (C=O) groups excluding carboxylic acids is 1. The molecule has 1 atom stereocenters. The van der Waals surface area contributed by atoms with E-state index in [0.29, 0.717) is 30.6 Å². The normalized spacial score (nSPS) is 17.0. The van der Waals surface area contributed by atoms with Crippen molar-refractivity contribution in [2.24, 2.45) is 5.92 Å². The molecular weight excluding hydrogens is 490 g/mol. The molecule has 196 valence electrons. The number of carbonyl (C=O) groups is 1. The van der Waals surface area contributed by atoms with Crippen LogP contribution in [0.4, 0.5) is 11.6 Å². The molecule has 1 aliphatic heterocycles. The van der Waals surface area contributed by atoms with E-state index in [0.717, 1.165) is 23.3 Å². The highest BCUT2D eigenvalue weighted by molar-refractivity contribution is 7.90. The Kier molecular flexibility index (Phi) is 7.14. The Hall–Kier alpha value is -3.66. The van der Waals surface area contributed by atoms with Gasteiger partial charge in [-0.2, -0.15) is 0 Å². The second-order valence-electron chi connectivity index (χ2n) is 9.85. The number of rotatable bonds is 7. The van der Waals surface area contributed by atoms with Gasteiger partial charge in [0.2, 0.25) is 0 Å². The first-order valence-electron chi connectivity index (χ1n) is 12.2. The van der Waals surface area contributed by atoms with Crippen LogP contribution in [0.1, 0.15) is 50.0 Å². The second kappa shape index (κ2) is 10.0. The SMILES string of the molecule is CCOc1cc(C)cc(-c2ccc(C(=O)NS(=O)(=O)c3cccnc3N)c(N3CCC(C)C3(C)C)n2)c1. The van der Waals surface area contributed by atoms with Crippen molar-refractivity contribution in [3.05, 3.63) is 59.8 Å². The Bertz CT molecular complexity index is 1440. The first kappa shape index (κ1) is 26.4. The van der Waals surface area contributed by atoms with E-state index in [4.69, 9.17) is 15.5 Å². The number of anilines is 2. The fourth-order valence-electron chi connectivity index (χ4n) is 4.61. The van der Waals surface area contributed by atoms with Gasteiger partial charge in [0.25, 0.3) is 15.9 Å². The molecule has 3 heterocycles. The summed E-state index contributed by atoms with van der Waals surface area (Å²) in [4.78, 5) is 24.0. The van der Waals surface area contributed by atoms with Crippen molar-refractivity contribution in [1.29, 1.82) is 0 Å². The molecule has 0 bridgehead atoms. The Morgan fingerprint density at radius 3 is 2.65 bits per heavy atom. The number of nitrogen functional groups attached to an aromatic ring is 1. The molecule has 1 saturated heterocycles. The standard InChI is InChI=1S/C27H33N5O4S/c1-6-36-20-15-17(2)14-19(16-20)22-10-9-21(25(30-22)32-13-11-18(3)27(32,4)5)26(33)31-37(34,35)23-8-7-12-29-24(23)28/h7-10,12,14-16,18H,6,11,13H2,1-5H3,(H2,28,29)(H,31,33). The molecule has 37 heavy (non-hydrogen) atoms. The molecule has 2 aromatic heterocycles. The number of nitrogens with one attached hydrogen (secondary N) is 1. The first-order chi connectivity index (χ1) is 17.4. The van der Waals surface area contributed by atoms with Crippen LogP contribution >= 0.6 is 0 Å². The number of pyridine rings is 2. The van der Waals surface area contributed by atoms with Crippen molar-refractivity contribution in [3.8, 4) is 17.0 Å². The van der Waals surface area contributed by atoms with Crippen LogP contribution in [0.3, 0.4) is 0 Å². The average Bonchev–Trinajstić information content (AvgIpc) is 3.10. The fourth-order valence-corrected chi connectivity index (χ4v) is 5.66. The van der Waals surface area contributed by atoms with Gasteiger partial charge in [-0.25, -0.2) is 23.1 Å². The Balaban J connectivity index is 1.80. The van der Waals surface area contributed by atoms with E-state index in [1.165, 1.54) is 18.3 Å². The smallest absolute Gasteiger partial charge is 0.268 e. The van der Waals surface area contributed by atoms with E-state index in [9.17, 15) is 13.2 Å². The lowest BCUT2D eigenvalue weighted by molar-refractivity contribution is 0.0981. The molecule has 1 amide bonds. The minimum Gasteiger partial charge on any atom is -0.494 e. The van der Waals surface area contributed by atoms with Crippen LogP contribution in [0.25, 0.3) is 11.3 Å². The number of benzene rings is 1. The maximum atomic E-state index is 13.4. The molecule has 0 radical (unpaired) electrons.